The van der Waals surface area contributed by atoms with Crippen molar-refractivity contribution in [2.24, 2.45) is 0 Å². The molecule has 1 unspecified atom stereocenters. The third kappa shape index (κ3) is 3.81. The van der Waals surface area contributed by atoms with Crippen LogP contribution < -0.4 is 11.3 Å². The molecule has 1 saturated heterocycles. The van der Waals surface area contributed by atoms with Gasteiger partial charge in [-0.15, -0.1) is 0 Å². The summed E-state index contributed by atoms with van der Waals surface area (Å²) in [4.78, 5) is 16.4. The van der Waals surface area contributed by atoms with Gasteiger partial charge >= 0.3 is 0 Å². The standard InChI is InChI=1S/C14H24N4O/c1-16(2)13-6-9-17(11-13)7-3-8-18-10-12(15)4-5-14(18)19/h4-5,10,13H,3,6-9,11,15H2,1-2H3. The van der Waals surface area contributed by atoms with Crippen LogP contribution in [0.25, 0.3) is 0 Å². The molecule has 5 nitrogen and oxygen atoms in total. The van der Waals surface area contributed by atoms with Crippen molar-refractivity contribution in [3.05, 3.63) is 28.7 Å². The van der Waals surface area contributed by atoms with E-state index >= 15 is 0 Å². The number of aryl methyl sites for hydroxylation is 1. The number of hydrogen-bond donors (Lipinski definition) is 1. The highest BCUT2D eigenvalue weighted by atomic mass is 16.1. The van der Waals surface area contributed by atoms with Gasteiger partial charge in [-0.2, -0.15) is 0 Å². The van der Waals surface area contributed by atoms with Crippen LogP contribution in [0, 0.1) is 0 Å². The van der Waals surface area contributed by atoms with Crippen LogP contribution in [0.15, 0.2) is 23.1 Å². The van der Waals surface area contributed by atoms with Gasteiger partial charge in [0.05, 0.1) is 0 Å². The maximum atomic E-state index is 11.6. The zero-order valence-corrected chi connectivity index (χ0v) is 11.9. The zero-order chi connectivity index (χ0) is 13.8. The lowest BCUT2D eigenvalue weighted by Crippen LogP contribution is -2.32. The van der Waals surface area contributed by atoms with Crippen molar-refractivity contribution < 1.29 is 0 Å². The van der Waals surface area contributed by atoms with E-state index in [4.69, 9.17) is 5.73 Å². The molecule has 1 fully saturated rings. The van der Waals surface area contributed by atoms with Crippen molar-refractivity contribution in [2.45, 2.75) is 25.4 Å². The van der Waals surface area contributed by atoms with E-state index in [0.29, 0.717) is 11.7 Å². The molecule has 2 rings (SSSR count). The lowest BCUT2D eigenvalue weighted by Gasteiger charge is -2.20. The molecule has 1 atom stereocenters. The van der Waals surface area contributed by atoms with Gasteiger partial charge in [0.1, 0.15) is 0 Å². The fraction of sp³-hybridized carbons (Fsp3) is 0.643. The van der Waals surface area contributed by atoms with E-state index in [2.05, 4.69) is 23.9 Å². The summed E-state index contributed by atoms with van der Waals surface area (Å²) in [5, 5.41) is 0. The van der Waals surface area contributed by atoms with Gasteiger partial charge in [0.25, 0.3) is 5.56 Å². The van der Waals surface area contributed by atoms with Crippen LogP contribution in [0.2, 0.25) is 0 Å². The van der Waals surface area contributed by atoms with Gasteiger partial charge in [-0.05, 0) is 46.1 Å². The Morgan fingerprint density at radius 2 is 2.16 bits per heavy atom. The van der Waals surface area contributed by atoms with Crippen molar-refractivity contribution in [1.82, 2.24) is 14.4 Å². The monoisotopic (exact) mass is 264 g/mol. The Hall–Kier alpha value is -1.33. The molecule has 1 aromatic rings. The average Bonchev–Trinajstić information content (AvgIpc) is 2.82. The largest absolute Gasteiger partial charge is 0.398 e. The van der Waals surface area contributed by atoms with Crippen LogP contribution in [-0.2, 0) is 6.54 Å². The minimum atomic E-state index is 0.0294. The van der Waals surface area contributed by atoms with E-state index < -0.39 is 0 Å². The second-order valence-electron chi connectivity index (χ2n) is 5.55. The molecule has 0 aromatic carbocycles. The number of nitrogen functional groups attached to an aromatic ring is 1. The summed E-state index contributed by atoms with van der Waals surface area (Å²) in [5.41, 5.74) is 6.37. The van der Waals surface area contributed by atoms with E-state index in [0.717, 1.165) is 32.6 Å². The molecule has 1 aliphatic heterocycles. The summed E-state index contributed by atoms with van der Waals surface area (Å²) in [7, 11) is 4.28. The summed E-state index contributed by atoms with van der Waals surface area (Å²) < 4.78 is 1.70. The first-order chi connectivity index (χ1) is 9.06. The molecule has 0 amide bonds. The first-order valence-electron chi connectivity index (χ1n) is 6.91. The zero-order valence-electron chi connectivity index (χ0n) is 11.9. The van der Waals surface area contributed by atoms with E-state index in [1.165, 1.54) is 12.5 Å². The Balaban J connectivity index is 1.78. The molecular formula is C14H24N4O. The van der Waals surface area contributed by atoms with E-state index in [9.17, 15) is 4.79 Å². The molecule has 2 N–H and O–H groups in total. The van der Waals surface area contributed by atoms with Crippen molar-refractivity contribution in [2.75, 3.05) is 39.5 Å². The number of aromatic nitrogens is 1. The molecule has 2 heterocycles. The molecule has 1 aliphatic rings. The van der Waals surface area contributed by atoms with Gasteiger partial charge in [-0.25, -0.2) is 0 Å². The van der Waals surface area contributed by atoms with Gasteiger partial charge < -0.3 is 20.1 Å². The molecule has 0 aliphatic carbocycles. The summed E-state index contributed by atoms with van der Waals surface area (Å²) >= 11 is 0. The first-order valence-corrected chi connectivity index (χ1v) is 6.91. The van der Waals surface area contributed by atoms with Crippen LogP contribution in [0.1, 0.15) is 12.8 Å². The molecule has 1 aromatic heterocycles. The first kappa shape index (κ1) is 14.1. The third-order valence-electron chi connectivity index (χ3n) is 3.86. The summed E-state index contributed by atoms with van der Waals surface area (Å²) in [6, 6.07) is 3.86. The van der Waals surface area contributed by atoms with Gasteiger partial charge in [0, 0.05) is 37.1 Å². The van der Waals surface area contributed by atoms with Crippen LogP contribution in [0.3, 0.4) is 0 Å². The molecular weight excluding hydrogens is 240 g/mol. The normalized spacial score (nSPS) is 20.3. The van der Waals surface area contributed by atoms with E-state index in [1.54, 1.807) is 16.8 Å². The maximum absolute atomic E-state index is 11.6. The van der Waals surface area contributed by atoms with Gasteiger partial charge in [-0.3, -0.25) is 4.79 Å². The fourth-order valence-electron chi connectivity index (χ4n) is 2.63. The quantitative estimate of drug-likeness (QED) is 0.839. The molecule has 0 saturated carbocycles. The van der Waals surface area contributed by atoms with Gasteiger partial charge in [0.2, 0.25) is 0 Å². The predicted molar refractivity (Wildman–Crippen MR) is 78.3 cm³/mol. The number of anilines is 1. The fourth-order valence-corrected chi connectivity index (χ4v) is 2.63. The van der Waals surface area contributed by atoms with Crippen LogP contribution in [0.5, 0.6) is 0 Å². The minimum Gasteiger partial charge on any atom is -0.398 e. The molecule has 106 valence electrons. The van der Waals surface area contributed by atoms with Crippen molar-refractivity contribution in [3.63, 3.8) is 0 Å². The molecule has 0 bridgehead atoms. The molecule has 19 heavy (non-hydrogen) atoms. The van der Waals surface area contributed by atoms with Gasteiger partial charge in [0.15, 0.2) is 0 Å². The number of likely N-dealkylation sites (tertiary alicyclic amines) is 1. The highest BCUT2D eigenvalue weighted by Gasteiger charge is 2.23. The lowest BCUT2D eigenvalue weighted by atomic mass is 10.2. The van der Waals surface area contributed by atoms with E-state index in [-0.39, 0.29) is 5.56 Å². The van der Waals surface area contributed by atoms with Crippen molar-refractivity contribution in [3.8, 4) is 0 Å². The number of pyridine rings is 1. The highest BCUT2D eigenvalue weighted by molar-refractivity contribution is 5.33. The SMILES string of the molecule is CN(C)C1CCN(CCCn2cc(N)ccc2=O)C1. The number of rotatable bonds is 5. The number of hydrogen-bond acceptors (Lipinski definition) is 4. The highest BCUT2D eigenvalue weighted by Crippen LogP contribution is 2.13. The van der Waals surface area contributed by atoms with Crippen molar-refractivity contribution in [1.29, 1.82) is 0 Å². The average molecular weight is 264 g/mol. The Labute approximate surface area is 114 Å². The lowest BCUT2D eigenvalue weighted by molar-refractivity contribution is 0.264. The summed E-state index contributed by atoms with van der Waals surface area (Å²) in [6.45, 7) is 4.09. The minimum absolute atomic E-state index is 0.0294. The topological polar surface area (TPSA) is 54.5 Å². The Morgan fingerprint density at radius 3 is 2.84 bits per heavy atom. The third-order valence-corrected chi connectivity index (χ3v) is 3.86. The Morgan fingerprint density at radius 1 is 1.37 bits per heavy atom. The van der Waals surface area contributed by atoms with Gasteiger partial charge in [-0.1, -0.05) is 0 Å². The molecule has 0 radical (unpaired) electrons. The predicted octanol–water partition coefficient (Wildman–Crippen LogP) is 0.457. The summed E-state index contributed by atoms with van der Waals surface area (Å²) in [6.07, 6.45) is 3.96. The van der Waals surface area contributed by atoms with Crippen LogP contribution >= 0.6 is 0 Å². The van der Waals surface area contributed by atoms with Crippen LogP contribution in [-0.4, -0.2) is 54.1 Å². The Bertz CT molecular complexity index is 469. The van der Waals surface area contributed by atoms with Crippen molar-refractivity contribution >= 4 is 5.69 Å². The van der Waals surface area contributed by atoms with E-state index in [1.807, 2.05) is 0 Å². The second kappa shape index (κ2) is 6.21. The van der Waals surface area contributed by atoms with Crippen LogP contribution in [0.4, 0.5) is 5.69 Å². The smallest absolute Gasteiger partial charge is 0.250 e. The molecule has 0 spiro atoms. The number of nitrogens with two attached hydrogens (primary N) is 1. The molecule has 5 heteroatoms. The maximum Gasteiger partial charge on any atom is 0.250 e. The summed E-state index contributed by atoms with van der Waals surface area (Å²) in [5.74, 6) is 0. The Kier molecular flexibility index (Phi) is 4.61. The number of likely N-dealkylation sites (N-methyl/N-ethyl adjacent to an activating group) is 1. The number of nitrogens with zero attached hydrogens (tertiary/aromatic N) is 3. The second-order valence-corrected chi connectivity index (χ2v) is 5.55.